The number of hydrogen-bond acceptors (Lipinski definition) is 9. The van der Waals surface area contributed by atoms with Gasteiger partial charge in [0.15, 0.2) is 0 Å². The van der Waals surface area contributed by atoms with Crippen LogP contribution >= 0.6 is 24.4 Å². The van der Waals surface area contributed by atoms with Crippen molar-refractivity contribution in [2.24, 2.45) is 5.73 Å². The third kappa shape index (κ3) is 10.3. The van der Waals surface area contributed by atoms with E-state index in [2.05, 4.69) is 28.6 Å². The molecule has 0 aromatic rings. The van der Waals surface area contributed by atoms with Gasteiger partial charge in [-0.25, -0.2) is 4.79 Å². The molecule has 0 heterocycles. The van der Waals surface area contributed by atoms with Gasteiger partial charge in [-0.15, -0.1) is 0 Å². The first-order chi connectivity index (χ1) is 13.6. The smallest absolute Gasteiger partial charge is 0.326 e. The maximum atomic E-state index is 12.3. The quantitative estimate of drug-likeness (QED) is 0.125. The fourth-order valence-corrected chi connectivity index (χ4v) is 2.61. The Hall–Kier alpha value is -2.03. The number of thioether (sulfide) groups is 1. The lowest BCUT2D eigenvalue weighted by molar-refractivity contribution is -0.143. The molecule has 0 aromatic heterocycles. The number of carbonyl (C=O) groups is 5. The summed E-state index contributed by atoms with van der Waals surface area (Å²) in [5.41, 5.74) is 5.47. The van der Waals surface area contributed by atoms with E-state index >= 15 is 0 Å². The molecule has 0 rings (SSSR count). The molecule has 4 atom stereocenters. The first-order valence-corrected chi connectivity index (χ1v) is 10.4. The number of carboxylic acid groups (broad SMARTS) is 2. The molecule has 0 spiro atoms. The molecule has 0 aliphatic rings. The zero-order valence-corrected chi connectivity index (χ0v) is 17.4. The van der Waals surface area contributed by atoms with Crippen LogP contribution in [0, 0.1) is 0 Å². The van der Waals surface area contributed by atoms with Gasteiger partial charge in [-0.2, -0.15) is 24.4 Å². The summed E-state index contributed by atoms with van der Waals surface area (Å²) in [5.74, 6) is -5.15. The highest BCUT2D eigenvalue weighted by atomic mass is 32.2. The molecule has 0 saturated heterocycles. The van der Waals surface area contributed by atoms with Gasteiger partial charge in [0.25, 0.3) is 0 Å². The van der Waals surface area contributed by atoms with Gasteiger partial charge in [-0.3, -0.25) is 19.2 Å². The Morgan fingerprint density at radius 3 is 1.93 bits per heavy atom. The van der Waals surface area contributed by atoms with Crippen LogP contribution in [0.25, 0.3) is 0 Å². The molecule has 0 saturated carbocycles. The second kappa shape index (κ2) is 14.0. The van der Waals surface area contributed by atoms with Gasteiger partial charge in [0.1, 0.15) is 18.1 Å². The topological polar surface area (TPSA) is 208 Å². The molecule has 0 aliphatic carbocycles. The Bertz CT molecular complexity index is 607. The van der Waals surface area contributed by atoms with Crippen molar-refractivity contribution in [2.75, 3.05) is 24.4 Å². The molecular formula is C15H26N4O8S2. The average Bonchev–Trinajstić information content (AvgIpc) is 2.66. The maximum absolute atomic E-state index is 12.3. The minimum atomic E-state index is -1.57. The number of amides is 3. The van der Waals surface area contributed by atoms with E-state index in [-0.39, 0.29) is 12.2 Å². The third-order valence-electron chi connectivity index (χ3n) is 3.59. The lowest BCUT2D eigenvalue weighted by Gasteiger charge is -2.23. The highest BCUT2D eigenvalue weighted by molar-refractivity contribution is 7.98. The summed E-state index contributed by atoms with van der Waals surface area (Å²) in [6, 6.07) is -5.44. The summed E-state index contributed by atoms with van der Waals surface area (Å²) in [7, 11) is 0. The van der Waals surface area contributed by atoms with E-state index in [4.69, 9.17) is 15.9 Å². The number of nitrogens with two attached hydrogens (primary N) is 1. The average molecular weight is 455 g/mol. The second-order valence-electron chi connectivity index (χ2n) is 5.87. The number of aliphatic hydroxyl groups excluding tert-OH is 1. The summed E-state index contributed by atoms with van der Waals surface area (Å²) in [5, 5.41) is 33.9. The molecule has 29 heavy (non-hydrogen) atoms. The molecule has 0 bridgehead atoms. The Balaban J connectivity index is 5.16. The van der Waals surface area contributed by atoms with Crippen LogP contribution in [0.2, 0.25) is 0 Å². The third-order valence-corrected chi connectivity index (χ3v) is 4.62. The lowest BCUT2D eigenvalue weighted by atomic mass is 10.1. The fourth-order valence-electron chi connectivity index (χ4n) is 1.98. The van der Waals surface area contributed by atoms with E-state index in [1.165, 1.54) is 11.8 Å². The maximum Gasteiger partial charge on any atom is 0.326 e. The van der Waals surface area contributed by atoms with Crippen molar-refractivity contribution >= 4 is 54.1 Å². The van der Waals surface area contributed by atoms with Crippen molar-refractivity contribution in [1.82, 2.24) is 16.0 Å². The largest absolute Gasteiger partial charge is 0.481 e. The van der Waals surface area contributed by atoms with Crippen molar-refractivity contribution in [1.29, 1.82) is 0 Å². The van der Waals surface area contributed by atoms with Crippen molar-refractivity contribution < 1.29 is 39.3 Å². The number of carbonyl (C=O) groups excluding carboxylic acids is 3. The zero-order valence-electron chi connectivity index (χ0n) is 15.7. The molecule has 0 aliphatic heterocycles. The van der Waals surface area contributed by atoms with Crippen molar-refractivity contribution in [3.05, 3.63) is 0 Å². The fraction of sp³-hybridized carbons (Fsp3) is 0.667. The predicted molar refractivity (Wildman–Crippen MR) is 108 cm³/mol. The summed E-state index contributed by atoms with van der Waals surface area (Å²) in [6.45, 7) is -0.879. The van der Waals surface area contributed by atoms with Crippen molar-refractivity contribution in [3.8, 4) is 0 Å². The Morgan fingerprint density at radius 2 is 1.48 bits per heavy atom. The van der Waals surface area contributed by atoms with Crippen molar-refractivity contribution in [2.45, 2.75) is 37.0 Å². The minimum absolute atomic E-state index is 0.0540. The Labute approximate surface area is 176 Å². The number of carboxylic acids is 2. The monoisotopic (exact) mass is 454 g/mol. The van der Waals surface area contributed by atoms with Gasteiger partial charge >= 0.3 is 11.9 Å². The summed E-state index contributed by atoms with van der Waals surface area (Å²) >= 11 is 5.20. The van der Waals surface area contributed by atoms with Crippen LogP contribution in [-0.2, 0) is 24.0 Å². The SMILES string of the molecule is CSCCC(NC(=O)C(CO)NC(=O)C(CC(=O)O)NC(=O)C(N)CS)C(=O)O. The van der Waals surface area contributed by atoms with E-state index in [9.17, 15) is 29.1 Å². The molecule has 12 nitrogen and oxygen atoms in total. The first kappa shape index (κ1) is 27.0. The van der Waals surface area contributed by atoms with Crippen LogP contribution in [0.5, 0.6) is 0 Å². The number of hydrogen-bond donors (Lipinski definition) is 8. The Kier molecular flexibility index (Phi) is 13.0. The van der Waals surface area contributed by atoms with E-state index in [1.54, 1.807) is 6.26 Å². The number of aliphatic hydroxyl groups is 1. The van der Waals surface area contributed by atoms with Crippen LogP contribution < -0.4 is 21.7 Å². The lowest BCUT2D eigenvalue weighted by Crippen LogP contribution is -2.58. The first-order valence-electron chi connectivity index (χ1n) is 8.39. The second-order valence-corrected chi connectivity index (χ2v) is 7.22. The standard InChI is InChI=1S/C15H26N4O8S2/c1-29-3-2-8(15(26)27)17-14(25)10(5-20)19-13(24)9(4-11(21)22)18-12(23)7(16)6-28/h7-10,20,28H,2-6,16H2,1H3,(H,17,25)(H,18,23)(H,19,24)(H,21,22)(H,26,27). The van der Waals surface area contributed by atoms with E-state index in [0.717, 1.165) is 0 Å². The number of rotatable bonds is 14. The summed E-state index contributed by atoms with van der Waals surface area (Å²) in [4.78, 5) is 58.6. The van der Waals surface area contributed by atoms with Gasteiger partial charge in [-0.1, -0.05) is 0 Å². The molecule has 0 fully saturated rings. The molecule has 0 radical (unpaired) electrons. The summed E-state index contributed by atoms with van der Waals surface area (Å²) in [6.07, 6.45) is 1.07. The highest BCUT2D eigenvalue weighted by Crippen LogP contribution is 2.02. The summed E-state index contributed by atoms with van der Waals surface area (Å²) < 4.78 is 0. The van der Waals surface area contributed by atoms with Crippen LogP contribution in [0.1, 0.15) is 12.8 Å². The van der Waals surface area contributed by atoms with Gasteiger partial charge in [0, 0.05) is 5.75 Å². The normalized spacial score (nSPS) is 14.8. The van der Waals surface area contributed by atoms with Crippen molar-refractivity contribution in [3.63, 3.8) is 0 Å². The predicted octanol–water partition coefficient (Wildman–Crippen LogP) is -3.00. The molecule has 166 valence electrons. The molecule has 3 amide bonds. The zero-order chi connectivity index (χ0) is 22.6. The number of nitrogens with one attached hydrogen (secondary N) is 3. The van der Waals surface area contributed by atoms with Gasteiger partial charge in [0.2, 0.25) is 17.7 Å². The molecule has 14 heteroatoms. The van der Waals surface area contributed by atoms with E-state index in [0.29, 0.717) is 5.75 Å². The molecule has 8 N–H and O–H groups in total. The van der Waals surface area contributed by atoms with E-state index in [1.807, 2.05) is 0 Å². The molecule has 0 aromatic carbocycles. The Morgan fingerprint density at radius 1 is 0.966 bits per heavy atom. The highest BCUT2D eigenvalue weighted by Gasteiger charge is 2.30. The van der Waals surface area contributed by atoms with Crippen LogP contribution in [0.15, 0.2) is 0 Å². The minimum Gasteiger partial charge on any atom is -0.481 e. The van der Waals surface area contributed by atoms with Crippen LogP contribution in [-0.4, -0.2) is 93.5 Å². The van der Waals surface area contributed by atoms with Gasteiger partial charge in [-0.05, 0) is 18.4 Å². The molecular weight excluding hydrogens is 428 g/mol. The van der Waals surface area contributed by atoms with E-state index < -0.39 is 66.9 Å². The number of thiol groups is 1. The van der Waals surface area contributed by atoms with Gasteiger partial charge < -0.3 is 37.0 Å². The molecule has 4 unspecified atom stereocenters. The number of aliphatic carboxylic acids is 2. The van der Waals surface area contributed by atoms with Gasteiger partial charge in [0.05, 0.1) is 19.1 Å². The van der Waals surface area contributed by atoms with Crippen LogP contribution in [0.3, 0.4) is 0 Å². The van der Waals surface area contributed by atoms with Crippen LogP contribution in [0.4, 0.5) is 0 Å².